The Morgan fingerprint density at radius 2 is 2.04 bits per heavy atom. The molecule has 2 heterocycles. The number of nitrogens with zero attached hydrogens (tertiary/aromatic N) is 2. The Morgan fingerprint density at radius 3 is 2.75 bits per heavy atom. The molecule has 28 heavy (non-hydrogen) atoms. The Balaban J connectivity index is 1.54. The van der Waals surface area contributed by atoms with Crippen molar-refractivity contribution in [3.63, 3.8) is 0 Å². The lowest BCUT2D eigenvalue weighted by molar-refractivity contribution is -0.135. The van der Waals surface area contributed by atoms with Crippen LogP contribution in [0.3, 0.4) is 0 Å². The number of thiocarbonyl (C=S) groups is 1. The summed E-state index contributed by atoms with van der Waals surface area (Å²) in [7, 11) is 0. The van der Waals surface area contributed by atoms with Crippen LogP contribution in [0.25, 0.3) is 6.08 Å². The number of carbonyl (C=O) groups excluding carboxylic acids is 2. The minimum absolute atomic E-state index is 0.0487. The first-order valence-electron chi connectivity index (χ1n) is 10.1. The largest absolute Gasteiger partial charge is 0.340 e. The van der Waals surface area contributed by atoms with Gasteiger partial charge in [0.15, 0.2) is 0 Å². The Hall–Kier alpha value is -1.66. The van der Waals surface area contributed by atoms with E-state index in [0.717, 1.165) is 31.4 Å². The van der Waals surface area contributed by atoms with Crippen molar-refractivity contribution in [1.29, 1.82) is 0 Å². The zero-order chi connectivity index (χ0) is 20.1. The molecule has 1 atom stereocenters. The SMILES string of the molecule is CC[C@H]1CCCCN1C(=O)CCCN1C(=O)/C(=C\c2ccc(C)cc2)SC1=S. The van der Waals surface area contributed by atoms with Crippen LogP contribution in [0.2, 0.25) is 0 Å². The van der Waals surface area contributed by atoms with Gasteiger partial charge in [-0.2, -0.15) is 0 Å². The van der Waals surface area contributed by atoms with Crippen molar-refractivity contribution in [3.8, 4) is 0 Å². The number of hydrogen-bond donors (Lipinski definition) is 0. The van der Waals surface area contributed by atoms with Gasteiger partial charge in [0.2, 0.25) is 5.91 Å². The summed E-state index contributed by atoms with van der Waals surface area (Å²) in [6, 6.07) is 8.45. The third-order valence-electron chi connectivity index (χ3n) is 5.44. The van der Waals surface area contributed by atoms with Gasteiger partial charge in [-0.3, -0.25) is 14.5 Å². The molecule has 0 aliphatic carbocycles. The molecule has 0 bridgehead atoms. The normalized spacial score (nSPS) is 21.6. The number of aryl methyl sites for hydroxylation is 1. The number of benzene rings is 1. The smallest absolute Gasteiger partial charge is 0.266 e. The third-order valence-corrected chi connectivity index (χ3v) is 6.82. The number of rotatable bonds is 6. The molecule has 0 N–H and O–H groups in total. The highest BCUT2D eigenvalue weighted by Gasteiger charge is 2.32. The molecule has 0 unspecified atom stereocenters. The number of hydrogen-bond acceptors (Lipinski definition) is 4. The van der Waals surface area contributed by atoms with E-state index in [1.807, 2.05) is 42.2 Å². The first-order valence-corrected chi connectivity index (χ1v) is 11.3. The summed E-state index contributed by atoms with van der Waals surface area (Å²) < 4.78 is 0.584. The Bertz CT molecular complexity index is 773. The van der Waals surface area contributed by atoms with Crippen molar-refractivity contribution in [2.45, 2.75) is 58.4 Å². The second kappa shape index (κ2) is 9.70. The van der Waals surface area contributed by atoms with Gasteiger partial charge in [-0.1, -0.05) is 60.7 Å². The summed E-state index contributed by atoms with van der Waals surface area (Å²) in [4.78, 5) is 29.7. The fourth-order valence-electron chi connectivity index (χ4n) is 3.79. The predicted molar refractivity (Wildman–Crippen MR) is 120 cm³/mol. The van der Waals surface area contributed by atoms with Crippen LogP contribution in [0, 0.1) is 6.92 Å². The highest BCUT2D eigenvalue weighted by atomic mass is 32.2. The predicted octanol–water partition coefficient (Wildman–Crippen LogP) is 4.77. The molecule has 1 aromatic carbocycles. The number of amides is 2. The molecule has 2 fully saturated rings. The van der Waals surface area contributed by atoms with Crippen LogP contribution in [0.4, 0.5) is 0 Å². The lowest BCUT2D eigenvalue weighted by Gasteiger charge is -2.35. The van der Waals surface area contributed by atoms with E-state index in [-0.39, 0.29) is 11.8 Å². The highest BCUT2D eigenvalue weighted by Crippen LogP contribution is 2.32. The Kier molecular flexibility index (Phi) is 7.30. The molecule has 2 aliphatic rings. The van der Waals surface area contributed by atoms with Crippen molar-refractivity contribution in [3.05, 3.63) is 40.3 Å². The lowest BCUT2D eigenvalue weighted by Crippen LogP contribution is -2.43. The van der Waals surface area contributed by atoms with Gasteiger partial charge < -0.3 is 4.90 Å². The summed E-state index contributed by atoms with van der Waals surface area (Å²) in [6.45, 7) is 5.57. The molecule has 2 amide bonds. The maximum absolute atomic E-state index is 12.7. The second-order valence-corrected chi connectivity index (χ2v) is 9.17. The topological polar surface area (TPSA) is 40.6 Å². The van der Waals surface area contributed by atoms with E-state index in [4.69, 9.17) is 12.2 Å². The van der Waals surface area contributed by atoms with Crippen LogP contribution < -0.4 is 0 Å². The minimum Gasteiger partial charge on any atom is -0.340 e. The van der Waals surface area contributed by atoms with Crippen molar-refractivity contribution in [2.24, 2.45) is 0 Å². The average Bonchev–Trinajstić information content (AvgIpc) is 2.96. The molecule has 0 spiro atoms. The van der Waals surface area contributed by atoms with Crippen molar-refractivity contribution >= 4 is 46.2 Å². The lowest BCUT2D eigenvalue weighted by atomic mass is 9.99. The molecule has 3 rings (SSSR count). The molecule has 4 nitrogen and oxygen atoms in total. The molecule has 150 valence electrons. The van der Waals surface area contributed by atoms with Crippen LogP contribution in [-0.4, -0.2) is 45.1 Å². The van der Waals surface area contributed by atoms with Gasteiger partial charge in [0.25, 0.3) is 5.91 Å². The van der Waals surface area contributed by atoms with E-state index in [1.54, 1.807) is 4.90 Å². The van der Waals surface area contributed by atoms with Crippen molar-refractivity contribution in [2.75, 3.05) is 13.1 Å². The van der Waals surface area contributed by atoms with Gasteiger partial charge in [0.05, 0.1) is 4.91 Å². The summed E-state index contributed by atoms with van der Waals surface area (Å²) in [5.41, 5.74) is 2.19. The summed E-state index contributed by atoms with van der Waals surface area (Å²) >= 11 is 6.75. The van der Waals surface area contributed by atoms with E-state index >= 15 is 0 Å². The maximum atomic E-state index is 12.7. The van der Waals surface area contributed by atoms with Crippen molar-refractivity contribution in [1.82, 2.24) is 9.80 Å². The fraction of sp³-hybridized carbons (Fsp3) is 0.500. The van der Waals surface area contributed by atoms with Gasteiger partial charge in [-0.05, 0) is 50.7 Å². The number of thioether (sulfide) groups is 1. The molecule has 2 aliphatic heterocycles. The maximum Gasteiger partial charge on any atom is 0.266 e. The Morgan fingerprint density at radius 1 is 1.29 bits per heavy atom. The average molecular weight is 417 g/mol. The van der Waals surface area contributed by atoms with Gasteiger partial charge in [0, 0.05) is 25.6 Å². The molecule has 0 saturated carbocycles. The third kappa shape index (κ3) is 5.03. The van der Waals surface area contributed by atoms with Gasteiger partial charge >= 0.3 is 0 Å². The standard InChI is InChI=1S/C22H28N2O2S2/c1-3-18-7-4-5-13-23(18)20(25)8-6-14-24-21(26)19(28-22(24)27)15-17-11-9-16(2)10-12-17/h9-12,15,18H,3-8,13-14H2,1-2H3/b19-15+/t18-/m0/s1. The van der Waals surface area contributed by atoms with Crippen LogP contribution in [0.15, 0.2) is 29.2 Å². The van der Waals surface area contributed by atoms with E-state index in [9.17, 15) is 9.59 Å². The van der Waals surface area contributed by atoms with Crippen LogP contribution >= 0.6 is 24.0 Å². The van der Waals surface area contributed by atoms with Gasteiger partial charge in [0.1, 0.15) is 4.32 Å². The molecule has 0 aromatic heterocycles. The number of carbonyl (C=O) groups is 2. The monoisotopic (exact) mass is 416 g/mol. The van der Waals surface area contributed by atoms with Crippen molar-refractivity contribution < 1.29 is 9.59 Å². The molecule has 1 aromatic rings. The van der Waals surface area contributed by atoms with E-state index in [0.29, 0.717) is 34.7 Å². The molecular formula is C22H28N2O2S2. The zero-order valence-electron chi connectivity index (χ0n) is 16.6. The summed E-state index contributed by atoms with van der Waals surface area (Å²) in [6.07, 6.45) is 7.46. The number of likely N-dealkylation sites (tertiary alicyclic amines) is 1. The molecule has 0 radical (unpaired) electrons. The zero-order valence-corrected chi connectivity index (χ0v) is 18.3. The molecule has 6 heteroatoms. The quantitative estimate of drug-likeness (QED) is 0.495. The molecular weight excluding hydrogens is 388 g/mol. The molecule has 2 saturated heterocycles. The minimum atomic E-state index is -0.0487. The van der Waals surface area contributed by atoms with Gasteiger partial charge in [-0.15, -0.1) is 0 Å². The van der Waals surface area contributed by atoms with Crippen LogP contribution in [0.1, 0.15) is 56.6 Å². The Labute approximate surface area is 177 Å². The van der Waals surface area contributed by atoms with E-state index in [1.165, 1.54) is 23.7 Å². The van der Waals surface area contributed by atoms with Crippen LogP contribution in [0.5, 0.6) is 0 Å². The second-order valence-electron chi connectivity index (χ2n) is 7.49. The first kappa shape index (κ1) is 21.1. The first-order chi connectivity index (χ1) is 13.5. The summed E-state index contributed by atoms with van der Waals surface area (Å²) in [5, 5.41) is 0. The fourth-order valence-corrected chi connectivity index (χ4v) is 5.10. The van der Waals surface area contributed by atoms with Gasteiger partial charge in [-0.25, -0.2) is 0 Å². The van der Waals surface area contributed by atoms with E-state index < -0.39 is 0 Å². The van der Waals surface area contributed by atoms with Crippen LogP contribution in [-0.2, 0) is 9.59 Å². The van der Waals surface area contributed by atoms with E-state index in [2.05, 4.69) is 6.92 Å². The summed E-state index contributed by atoms with van der Waals surface area (Å²) in [5.74, 6) is 0.166. The highest BCUT2D eigenvalue weighted by molar-refractivity contribution is 8.26. The number of piperidine rings is 1.